The second-order valence-electron chi connectivity index (χ2n) is 14.9. The third kappa shape index (κ3) is 23.6. The predicted molar refractivity (Wildman–Crippen MR) is 197 cm³/mol. The molecule has 8 heteroatoms. The van der Waals surface area contributed by atoms with Gasteiger partial charge in [-0.25, -0.2) is 0 Å². The number of rotatable bonds is 32. The molecule has 0 aliphatic carbocycles. The van der Waals surface area contributed by atoms with E-state index < -0.39 is 6.10 Å². The summed E-state index contributed by atoms with van der Waals surface area (Å²) in [6.45, 7) is 22.7. The van der Waals surface area contributed by atoms with Gasteiger partial charge in [-0.1, -0.05) is 106 Å². The van der Waals surface area contributed by atoms with Crippen LogP contribution in [0.2, 0.25) is 0 Å². The van der Waals surface area contributed by atoms with Crippen LogP contribution in [0.1, 0.15) is 132 Å². The first-order valence-electron chi connectivity index (χ1n) is 19.1. The Hall–Kier alpha value is -0.320. The molecule has 272 valence electrons. The SMILES string of the molecule is CCCCCCCCCCC[C@@H](C)CN(C)[C@H](CN[C@H](CN[C@@H](CN)CN[C@@H](CN[C@@H](C)CO)[C@H](C)O)[C@H](C)CC)CC(C)C. The number of likely N-dealkylation sites (N-methyl/N-ethyl adjacent to an activating group) is 1. The fourth-order valence-corrected chi connectivity index (χ4v) is 6.18. The zero-order valence-corrected chi connectivity index (χ0v) is 31.6. The molecule has 0 aromatic heterocycles. The summed E-state index contributed by atoms with van der Waals surface area (Å²) in [6, 6.07) is 0.903. The molecule has 0 amide bonds. The Morgan fingerprint density at radius 1 is 0.711 bits per heavy atom. The van der Waals surface area contributed by atoms with E-state index in [9.17, 15) is 10.2 Å². The van der Waals surface area contributed by atoms with Crippen LogP contribution in [0.25, 0.3) is 0 Å². The van der Waals surface area contributed by atoms with Crippen molar-refractivity contribution in [3.05, 3.63) is 0 Å². The van der Waals surface area contributed by atoms with Gasteiger partial charge >= 0.3 is 0 Å². The lowest BCUT2D eigenvalue weighted by atomic mass is 9.96. The van der Waals surface area contributed by atoms with Crippen molar-refractivity contribution in [2.75, 3.05) is 52.9 Å². The molecular formula is C37H82N6O2. The largest absolute Gasteiger partial charge is 0.395 e. The average Bonchev–Trinajstić information content (AvgIpc) is 3.01. The van der Waals surface area contributed by atoms with Crippen molar-refractivity contribution in [2.45, 2.75) is 169 Å². The van der Waals surface area contributed by atoms with E-state index in [-0.39, 0.29) is 24.7 Å². The van der Waals surface area contributed by atoms with Crippen molar-refractivity contribution in [3.63, 3.8) is 0 Å². The quantitative estimate of drug-likeness (QED) is 0.0506. The fourth-order valence-electron chi connectivity index (χ4n) is 6.18. The van der Waals surface area contributed by atoms with Gasteiger partial charge in [0, 0.05) is 69.5 Å². The maximum Gasteiger partial charge on any atom is 0.0677 e. The van der Waals surface area contributed by atoms with Crippen molar-refractivity contribution < 1.29 is 10.2 Å². The Balaban J connectivity index is 4.85. The Labute approximate surface area is 281 Å². The second kappa shape index (κ2) is 28.7. The number of nitrogens with one attached hydrogen (secondary N) is 4. The highest BCUT2D eigenvalue weighted by atomic mass is 16.3. The summed E-state index contributed by atoms with van der Waals surface area (Å²) in [5.41, 5.74) is 6.18. The van der Waals surface area contributed by atoms with Crippen LogP contribution >= 0.6 is 0 Å². The number of hydrogen-bond acceptors (Lipinski definition) is 8. The van der Waals surface area contributed by atoms with E-state index >= 15 is 0 Å². The van der Waals surface area contributed by atoms with E-state index in [0.29, 0.717) is 43.6 Å². The zero-order valence-electron chi connectivity index (χ0n) is 31.6. The van der Waals surface area contributed by atoms with E-state index in [1.165, 1.54) is 77.2 Å². The molecule has 0 spiro atoms. The van der Waals surface area contributed by atoms with Gasteiger partial charge in [-0.2, -0.15) is 0 Å². The Morgan fingerprint density at radius 2 is 1.29 bits per heavy atom. The summed E-state index contributed by atoms with van der Waals surface area (Å²) >= 11 is 0. The van der Waals surface area contributed by atoms with Gasteiger partial charge in [0.25, 0.3) is 0 Å². The maximum atomic E-state index is 10.3. The number of nitrogens with two attached hydrogens (primary N) is 1. The highest BCUT2D eigenvalue weighted by Crippen LogP contribution is 2.18. The Bertz CT molecular complexity index is 640. The van der Waals surface area contributed by atoms with Crippen LogP contribution in [-0.2, 0) is 0 Å². The number of aliphatic hydroxyl groups excluding tert-OH is 2. The molecule has 0 rings (SSSR count). The molecule has 0 heterocycles. The van der Waals surface area contributed by atoms with Gasteiger partial charge in [-0.3, -0.25) is 0 Å². The molecule has 0 fully saturated rings. The summed E-state index contributed by atoms with van der Waals surface area (Å²) < 4.78 is 0. The number of hydrogen-bond donors (Lipinski definition) is 7. The van der Waals surface area contributed by atoms with Crippen molar-refractivity contribution >= 4 is 0 Å². The van der Waals surface area contributed by atoms with Gasteiger partial charge in [0.05, 0.1) is 12.7 Å². The van der Waals surface area contributed by atoms with Crippen molar-refractivity contribution in [1.29, 1.82) is 0 Å². The maximum absolute atomic E-state index is 10.3. The summed E-state index contributed by atoms with van der Waals surface area (Å²) in [6.07, 6.45) is 15.7. The van der Waals surface area contributed by atoms with Gasteiger partial charge in [0.2, 0.25) is 0 Å². The van der Waals surface area contributed by atoms with E-state index in [0.717, 1.165) is 25.4 Å². The highest BCUT2D eigenvalue weighted by Gasteiger charge is 2.23. The van der Waals surface area contributed by atoms with Gasteiger partial charge in [-0.05, 0) is 51.5 Å². The first-order valence-corrected chi connectivity index (χ1v) is 19.1. The first-order chi connectivity index (χ1) is 21.5. The van der Waals surface area contributed by atoms with Crippen LogP contribution in [0.5, 0.6) is 0 Å². The van der Waals surface area contributed by atoms with Gasteiger partial charge in [0.15, 0.2) is 0 Å². The minimum absolute atomic E-state index is 0.000314. The molecule has 0 aromatic rings. The van der Waals surface area contributed by atoms with Gasteiger partial charge in [0.1, 0.15) is 0 Å². The van der Waals surface area contributed by atoms with Gasteiger partial charge < -0.3 is 42.1 Å². The summed E-state index contributed by atoms with van der Waals surface area (Å²) in [7, 11) is 2.34. The molecule has 0 saturated carbocycles. The molecular weight excluding hydrogens is 560 g/mol. The van der Waals surface area contributed by atoms with Crippen LogP contribution < -0.4 is 27.0 Å². The van der Waals surface area contributed by atoms with E-state index in [2.05, 4.69) is 74.8 Å². The van der Waals surface area contributed by atoms with Crippen molar-refractivity contribution in [2.24, 2.45) is 23.5 Å². The third-order valence-corrected chi connectivity index (χ3v) is 9.79. The standard InChI is InChI=1S/C37H82N6O2/c1-10-12-13-14-15-16-17-18-19-20-30(5)27-43(9)35(21-29(3)4)24-42-36(31(6)11-2)25-40-34(22-38)23-41-37(33(8)45)26-39-32(7)28-44/h29-37,39-42,44-45H,10-28,38H2,1-9H3/t30-,31-,32+,33+,34+,35+,36-,37+/m1/s1. The lowest BCUT2D eigenvalue weighted by Crippen LogP contribution is -2.56. The number of nitrogens with zero attached hydrogens (tertiary/aromatic N) is 1. The topological polar surface area (TPSA) is 118 Å². The first kappa shape index (κ1) is 44.7. The third-order valence-electron chi connectivity index (χ3n) is 9.79. The summed E-state index contributed by atoms with van der Waals surface area (Å²) in [5, 5.41) is 34.1. The lowest BCUT2D eigenvalue weighted by molar-refractivity contribution is 0.137. The average molecular weight is 643 g/mol. The molecule has 8 atom stereocenters. The van der Waals surface area contributed by atoms with E-state index in [1.54, 1.807) is 6.92 Å². The summed E-state index contributed by atoms with van der Waals surface area (Å²) in [4.78, 5) is 2.63. The molecule has 0 bridgehead atoms. The van der Waals surface area contributed by atoms with Crippen LogP contribution in [0.15, 0.2) is 0 Å². The number of unbranched alkanes of at least 4 members (excludes halogenated alkanes) is 8. The molecule has 0 saturated heterocycles. The molecule has 0 aliphatic heterocycles. The molecule has 8 N–H and O–H groups in total. The zero-order chi connectivity index (χ0) is 34.0. The normalized spacial score (nSPS) is 17.7. The Morgan fingerprint density at radius 3 is 1.82 bits per heavy atom. The van der Waals surface area contributed by atoms with E-state index in [1.807, 2.05) is 6.92 Å². The second-order valence-corrected chi connectivity index (χ2v) is 14.9. The lowest BCUT2D eigenvalue weighted by Gasteiger charge is -2.35. The monoisotopic (exact) mass is 643 g/mol. The molecule has 8 nitrogen and oxygen atoms in total. The fraction of sp³-hybridized carbons (Fsp3) is 1.00. The van der Waals surface area contributed by atoms with E-state index in [4.69, 9.17) is 5.73 Å². The van der Waals surface area contributed by atoms with Crippen molar-refractivity contribution in [3.8, 4) is 0 Å². The van der Waals surface area contributed by atoms with Crippen LogP contribution in [0.3, 0.4) is 0 Å². The minimum atomic E-state index is -0.501. The molecule has 45 heavy (non-hydrogen) atoms. The molecule has 0 aliphatic rings. The van der Waals surface area contributed by atoms with Crippen molar-refractivity contribution in [1.82, 2.24) is 26.2 Å². The predicted octanol–water partition coefficient (Wildman–Crippen LogP) is 5.12. The highest BCUT2D eigenvalue weighted by molar-refractivity contribution is 4.85. The minimum Gasteiger partial charge on any atom is -0.395 e. The smallest absolute Gasteiger partial charge is 0.0677 e. The van der Waals surface area contributed by atoms with Crippen LogP contribution in [-0.4, -0.2) is 104 Å². The molecule has 0 radical (unpaired) electrons. The number of aliphatic hydroxyl groups is 2. The van der Waals surface area contributed by atoms with Crippen LogP contribution in [0.4, 0.5) is 0 Å². The molecule has 0 aromatic carbocycles. The summed E-state index contributed by atoms with van der Waals surface area (Å²) in [5.74, 6) is 1.94. The molecule has 0 unspecified atom stereocenters. The van der Waals surface area contributed by atoms with Gasteiger partial charge in [-0.15, -0.1) is 0 Å². The Kier molecular flexibility index (Phi) is 28.5. The van der Waals surface area contributed by atoms with Crippen LogP contribution in [0, 0.1) is 17.8 Å².